The molecular formula is C19H25N5O2. The summed E-state index contributed by atoms with van der Waals surface area (Å²) in [4.78, 5) is 37.7. The lowest BCUT2D eigenvalue weighted by Gasteiger charge is -2.32. The number of anilines is 1. The Bertz CT molecular complexity index is 803. The highest BCUT2D eigenvalue weighted by atomic mass is 16.1. The third-order valence-corrected chi connectivity index (χ3v) is 4.68. The van der Waals surface area contributed by atoms with Crippen LogP contribution in [-0.2, 0) is 0 Å². The first-order valence-electron chi connectivity index (χ1n) is 9.08. The molecule has 3 rings (SSSR count). The molecule has 138 valence electrons. The smallest absolute Gasteiger partial charge is 0.253 e. The third kappa shape index (κ3) is 4.28. The van der Waals surface area contributed by atoms with Crippen molar-refractivity contribution in [3.05, 3.63) is 52.2 Å². The molecule has 1 atom stereocenters. The normalized spacial score (nSPS) is 17.3. The predicted molar refractivity (Wildman–Crippen MR) is 100 cm³/mol. The minimum absolute atomic E-state index is 0.0741. The molecule has 2 N–H and O–H groups in total. The maximum absolute atomic E-state index is 12.6. The zero-order chi connectivity index (χ0) is 18.5. The number of nitrogens with one attached hydrogen (secondary N) is 2. The largest absolute Gasteiger partial charge is 0.352 e. The number of nitrogens with zero attached hydrogens (tertiary/aromatic N) is 3. The number of hydrogen-bond acceptors (Lipinski definition) is 5. The lowest BCUT2D eigenvalue weighted by atomic mass is 9.97. The molecule has 3 heterocycles. The Kier molecular flexibility index (Phi) is 5.65. The highest BCUT2D eigenvalue weighted by molar-refractivity contribution is 5.95. The Morgan fingerprint density at radius 1 is 1.35 bits per heavy atom. The second-order valence-corrected chi connectivity index (χ2v) is 7.02. The van der Waals surface area contributed by atoms with E-state index in [-0.39, 0.29) is 17.4 Å². The molecule has 7 nitrogen and oxygen atoms in total. The lowest BCUT2D eigenvalue weighted by molar-refractivity contribution is 0.0943. The zero-order valence-electron chi connectivity index (χ0n) is 15.2. The van der Waals surface area contributed by atoms with Crippen molar-refractivity contribution < 1.29 is 4.79 Å². The zero-order valence-corrected chi connectivity index (χ0v) is 15.2. The number of hydrogen-bond donors (Lipinski definition) is 2. The molecule has 0 aromatic carbocycles. The fourth-order valence-corrected chi connectivity index (χ4v) is 3.34. The summed E-state index contributed by atoms with van der Waals surface area (Å²) in [6, 6.07) is 4.81. The molecule has 1 unspecified atom stereocenters. The Morgan fingerprint density at radius 3 is 2.85 bits per heavy atom. The Hall–Kier alpha value is -2.70. The van der Waals surface area contributed by atoms with Crippen LogP contribution in [0.15, 0.2) is 35.4 Å². The van der Waals surface area contributed by atoms with E-state index in [1.165, 1.54) is 6.07 Å². The molecule has 1 amide bonds. The van der Waals surface area contributed by atoms with Gasteiger partial charge in [0.2, 0.25) is 11.5 Å². The number of piperidine rings is 1. The van der Waals surface area contributed by atoms with Crippen molar-refractivity contribution in [3.8, 4) is 0 Å². The highest BCUT2D eigenvalue weighted by Gasteiger charge is 2.23. The maximum atomic E-state index is 12.6. The average molecular weight is 355 g/mol. The van der Waals surface area contributed by atoms with Crippen molar-refractivity contribution in [2.75, 3.05) is 24.5 Å². The van der Waals surface area contributed by atoms with Gasteiger partial charge in [0.25, 0.3) is 5.91 Å². The molecule has 0 radical (unpaired) electrons. The van der Waals surface area contributed by atoms with Gasteiger partial charge in [0.05, 0.1) is 5.56 Å². The fourth-order valence-electron chi connectivity index (χ4n) is 3.34. The van der Waals surface area contributed by atoms with Crippen LogP contribution < -0.4 is 15.8 Å². The summed E-state index contributed by atoms with van der Waals surface area (Å²) in [5, 5.41) is 3.03. The van der Waals surface area contributed by atoms with E-state index in [0.717, 1.165) is 31.9 Å². The van der Waals surface area contributed by atoms with Crippen molar-refractivity contribution in [2.45, 2.75) is 32.6 Å². The van der Waals surface area contributed by atoms with Crippen LogP contribution in [0.25, 0.3) is 0 Å². The van der Waals surface area contributed by atoms with Gasteiger partial charge in [0.1, 0.15) is 0 Å². The predicted octanol–water partition coefficient (Wildman–Crippen LogP) is 1.93. The Balaban J connectivity index is 1.62. The molecule has 1 aliphatic rings. The van der Waals surface area contributed by atoms with Crippen LogP contribution in [0.2, 0.25) is 0 Å². The number of rotatable bonds is 5. The van der Waals surface area contributed by atoms with Gasteiger partial charge < -0.3 is 15.2 Å². The topological polar surface area (TPSA) is 91.0 Å². The Morgan fingerprint density at radius 2 is 2.12 bits per heavy atom. The summed E-state index contributed by atoms with van der Waals surface area (Å²) in [5.74, 6) is 1.02. The van der Waals surface area contributed by atoms with Gasteiger partial charge in [-0.3, -0.25) is 9.59 Å². The number of carbonyl (C=O) groups excluding carboxylic acids is 1. The molecule has 2 aromatic heterocycles. The minimum Gasteiger partial charge on any atom is -0.352 e. The van der Waals surface area contributed by atoms with Crippen molar-refractivity contribution in [3.63, 3.8) is 0 Å². The molecule has 0 spiro atoms. The summed E-state index contributed by atoms with van der Waals surface area (Å²) in [7, 11) is 0. The molecule has 1 fully saturated rings. The molecule has 26 heavy (non-hydrogen) atoms. The van der Waals surface area contributed by atoms with Crippen molar-refractivity contribution in [1.82, 2.24) is 20.3 Å². The van der Waals surface area contributed by atoms with Crippen LogP contribution in [0.4, 0.5) is 5.95 Å². The summed E-state index contributed by atoms with van der Waals surface area (Å²) < 4.78 is 0. The molecular weight excluding hydrogens is 330 g/mol. The van der Waals surface area contributed by atoms with E-state index in [2.05, 4.69) is 25.2 Å². The second-order valence-electron chi connectivity index (χ2n) is 7.02. The lowest BCUT2D eigenvalue weighted by Crippen LogP contribution is -2.41. The van der Waals surface area contributed by atoms with E-state index < -0.39 is 0 Å². The van der Waals surface area contributed by atoms with Crippen LogP contribution in [0, 0.1) is 5.92 Å². The number of pyridine rings is 1. The van der Waals surface area contributed by atoms with Crippen molar-refractivity contribution in [1.29, 1.82) is 0 Å². The minimum atomic E-state index is -0.184. The van der Waals surface area contributed by atoms with Crippen LogP contribution in [-0.4, -0.2) is 40.5 Å². The van der Waals surface area contributed by atoms with E-state index >= 15 is 0 Å². The van der Waals surface area contributed by atoms with Gasteiger partial charge in [-0.15, -0.1) is 0 Å². The first-order chi connectivity index (χ1) is 12.5. The molecule has 0 saturated carbocycles. The molecule has 1 aliphatic heterocycles. The van der Waals surface area contributed by atoms with Gasteiger partial charge in [0.15, 0.2) is 0 Å². The summed E-state index contributed by atoms with van der Waals surface area (Å²) in [5.41, 5.74) is 1.03. The summed E-state index contributed by atoms with van der Waals surface area (Å²) >= 11 is 0. The molecule has 0 bridgehead atoms. The maximum Gasteiger partial charge on any atom is 0.253 e. The summed E-state index contributed by atoms with van der Waals surface area (Å²) in [6.45, 7) is 6.28. The number of aromatic amines is 1. The van der Waals surface area contributed by atoms with E-state index in [1.54, 1.807) is 18.5 Å². The number of carbonyl (C=O) groups is 1. The van der Waals surface area contributed by atoms with Gasteiger partial charge in [0, 0.05) is 43.8 Å². The van der Waals surface area contributed by atoms with Gasteiger partial charge >= 0.3 is 0 Å². The van der Waals surface area contributed by atoms with Crippen LogP contribution >= 0.6 is 0 Å². The van der Waals surface area contributed by atoms with Gasteiger partial charge in [-0.25, -0.2) is 9.97 Å². The first kappa shape index (κ1) is 18.1. The van der Waals surface area contributed by atoms with Gasteiger partial charge in [-0.1, -0.05) is 13.8 Å². The van der Waals surface area contributed by atoms with Crippen LogP contribution in [0.5, 0.6) is 0 Å². The molecule has 7 heteroatoms. The standard InChI is InChI=1S/C19H25N5O2/c1-13(2)17-15(6-7-16(25)23-17)18(26)22-11-14-5-3-10-24(12-14)19-20-8-4-9-21-19/h4,6-9,13-14H,3,5,10-12H2,1-2H3,(H,22,26)(H,23,25). The van der Waals surface area contributed by atoms with E-state index in [1.807, 2.05) is 19.9 Å². The van der Waals surface area contributed by atoms with E-state index in [4.69, 9.17) is 0 Å². The van der Waals surface area contributed by atoms with Crippen LogP contribution in [0.1, 0.15) is 48.7 Å². The van der Waals surface area contributed by atoms with Crippen molar-refractivity contribution >= 4 is 11.9 Å². The average Bonchev–Trinajstić information content (AvgIpc) is 2.67. The SMILES string of the molecule is CC(C)c1[nH]c(=O)ccc1C(=O)NCC1CCCN(c2ncccn2)C1. The molecule has 0 aliphatic carbocycles. The first-order valence-corrected chi connectivity index (χ1v) is 9.08. The van der Waals surface area contributed by atoms with Gasteiger partial charge in [-0.05, 0) is 36.8 Å². The Labute approximate surface area is 152 Å². The van der Waals surface area contributed by atoms with E-state index in [9.17, 15) is 9.59 Å². The molecule has 1 saturated heterocycles. The van der Waals surface area contributed by atoms with Gasteiger partial charge in [-0.2, -0.15) is 0 Å². The quantitative estimate of drug-likeness (QED) is 0.855. The number of H-pyrrole nitrogens is 1. The monoisotopic (exact) mass is 355 g/mol. The van der Waals surface area contributed by atoms with E-state index in [0.29, 0.717) is 23.7 Å². The van der Waals surface area contributed by atoms with Crippen molar-refractivity contribution in [2.24, 2.45) is 5.92 Å². The number of aromatic nitrogens is 3. The highest BCUT2D eigenvalue weighted by Crippen LogP contribution is 2.20. The number of amides is 1. The second kappa shape index (κ2) is 8.12. The fraction of sp³-hybridized carbons (Fsp3) is 0.474. The molecule has 2 aromatic rings. The van der Waals surface area contributed by atoms with Crippen LogP contribution in [0.3, 0.4) is 0 Å². The summed E-state index contributed by atoms with van der Waals surface area (Å²) in [6.07, 6.45) is 5.61. The third-order valence-electron chi connectivity index (χ3n) is 4.68.